The molecule has 4 fully saturated rings. The normalized spacial score (nSPS) is 36.6. The molecule has 54 heavy (non-hydrogen) atoms. The first-order valence-corrected chi connectivity index (χ1v) is 20.3. The number of carboxylic acids is 1. The number of aromatic nitrogens is 3. The number of aliphatic carboxylic acids is 1. The van der Waals surface area contributed by atoms with Gasteiger partial charge in [0.1, 0.15) is 17.9 Å². The Bertz CT molecular complexity index is 1880. The molecule has 4 saturated carbocycles. The van der Waals surface area contributed by atoms with Crippen molar-refractivity contribution in [3.05, 3.63) is 40.4 Å². The van der Waals surface area contributed by atoms with E-state index in [2.05, 4.69) is 63.6 Å². The van der Waals surface area contributed by atoms with Gasteiger partial charge in [-0.15, -0.1) is 10.2 Å². The fourth-order valence-corrected chi connectivity index (χ4v) is 13.1. The van der Waals surface area contributed by atoms with Gasteiger partial charge in [0.05, 0.1) is 16.9 Å². The third-order valence-corrected chi connectivity index (χ3v) is 16.2. The third kappa shape index (κ3) is 5.65. The maximum absolute atomic E-state index is 14.1. The van der Waals surface area contributed by atoms with E-state index in [4.69, 9.17) is 20.8 Å². The summed E-state index contributed by atoms with van der Waals surface area (Å²) in [6.45, 7) is 19.3. The highest BCUT2D eigenvalue weighted by atomic mass is 35.5. The SMILES string of the molecule is CC(C)C1=C2[C@H]3CCC4[C@@]5(C)CC[C@H](OC(=O)CC(C)(C)C(=O)O)C(C)(C)[C@@H]5CC[C@@]4(C)[C@]3(C)CC[C@@]2([C@@H](O)c2nnc(-c3ccc(Cl)cn3)o2)CC1=O. The van der Waals surface area contributed by atoms with E-state index >= 15 is 0 Å². The van der Waals surface area contributed by atoms with Crippen molar-refractivity contribution in [1.29, 1.82) is 0 Å². The first kappa shape index (κ1) is 39.1. The number of carboxylic acid groups (broad SMARTS) is 1. The Kier molecular flexibility index (Phi) is 9.40. The number of pyridine rings is 1. The Morgan fingerprint density at radius 1 is 0.981 bits per heavy atom. The van der Waals surface area contributed by atoms with E-state index in [1.54, 1.807) is 26.0 Å². The van der Waals surface area contributed by atoms with Crippen LogP contribution in [0.3, 0.4) is 0 Å². The van der Waals surface area contributed by atoms with Crippen LogP contribution in [0, 0.1) is 56.2 Å². The van der Waals surface area contributed by atoms with E-state index < -0.39 is 28.9 Å². The van der Waals surface area contributed by atoms with E-state index in [0.717, 1.165) is 56.1 Å². The number of aliphatic hydroxyl groups is 1. The lowest BCUT2D eigenvalue weighted by atomic mass is 9.33. The van der Waals surface area contributed by atoms with Gasteiger partial charge in [-0.2, -0.15) is 0 Å². The summed E-state index contributed by atoms with van der Waals surface area (Å²) in [7, 11) is 0. The Balaban J connectivity index is 1.19. The number of ketones is 1. The molecular weight excluding hydrogens is 706 g/mol. The molecule has 0 spiro atoms. The second kappa shape index (κ2) is 13.0. The van der Waals surface area contributed by atoms with Gasteiger partial charge in [-0.05, 0) is 128 Å². The zero-order valence-electron chi connectivity index (χ0n) is 33.4. The summed E-state index contributed by atoms with van der Waals surface area (Å²) < 4.78 is 12.3. The zero-order valence-corrected chi connectivity index (χ0v) is 34.2. The van der Waals surface area contributed by atoms with Crippen molar-refractivity contribution in [1.82, 2.24) is 15.2 Å². The monoisotopic (exact) mass is 763 g/mol. The number of Topliss-reactive ketones (excluding diaryl/α,β-unsaturated/α-hetero) is 1. The van der Waals surface area contributed by atoms with Crippen LogP contribution in [0.1, 0.15) is 139 Å². The van der Waals surface area contributed by atoms with Crippen molar-refractivity contribution in [2.75, 3.05) is 0 Å². The zero-order chi connectivity index (χ0) is 39.4. The van der Waals surface area contributed by atoms with Crippen molar-refractivity contribution in [3.8, 4) is 11.6 Å². The first-order valence-electron chi connectivity index (χ1n) is 20.0. The minimum Gasteiger partial charge on any atom is -0.481 e. The molecule has 2 heterocycles. The fourth-order valence-electron chi connectivity index (χ4n) is 13.0. The van der Waals surface area contributed by atoms with E-state index in [1.165, 1.54) is 6.20 Å². The molecule has 294 valence electrons. The van der Waals surface area contributed by atoms with E-state index in [-0.39, 0.29) is 70.0 Å². The molecular formula is C43H58ClN3O7. The topological polar surface area (TPSA) is 153 Å². The Labute approximate surface area is 324 Å². The molecule has 5 aliphatic carbocycles. The molecule has 0 bridgehead atoms. The van der Waals surface area contributed by atoms with E-state index in [1.807, 2.05) is 0 Å². The molecule has 2 aromatic heterocycles. The molecule has 0 saturated heterocycles. The van der Waals surface area contributed by atoms with Gasteiger partial charge in [0.25, 0.3) is 5.89 Å². The second-order valence-corrected chi connectivity index (χ2v) is 20.2. The van der Waals surface area contributed by atoms with Crippen molar-refractivity contribution < 1.29 is 33.8 Å². The third-order valence-electron chi connectivity index (χ3n) is 16.0. The summed E-state index contributed by atoms with van der Waals surface area (Å²) >= 11 is 6.05. The van der Waals surface area contributed by atoms with Crippen LogP contribution in [0.4, 0.5) is 0 Å². The summed E-state index contributed by atoms with van der Waals surface area (Å²) in [6.07, 6.45) is 7.35. The van der Waals surface area contributed by atoms with Gasteiger partial charge in [0, 0.05) is 23.4 Å². The predicted molar refractivity (Wildman–Crippen MR) is 203 cm³/mol. The Morgan fingerprint density at radius 3 is 2.35 bits per heavy atom. The van der Waals surface area contributed by atoms with Gasteiger partial charge >= 0.3 is 11.9 Å². The largest absolute Gasteiger partial charge is 0.481 e. The molecule has 0 aliphatic heterocycles. The number of halogens is 1. The molecule has 11 heteroatoms. The fraction of sp³-hybridized carbons (Fsp3) is 0.721. The number of hydrogen-bond donors (Lipinski definition) is 2. The lowest BCUT2D eigenvalue weighted by molar-refractivity contribution is -0.235. The van der Waals surface area contributed by atoms with Gasteiger partial charge in [-0.25, -0.2) is 4.98 Å². The number of rotatable bonds is 8. The Hall–Kier alpha value is -3.11. The minimum absolute atomic E-state index is 0.0123. The van der Waals surface area contributed by atoms with Gasteiger partial charge in [-0.3, -0.25) is 14.4 Å². The van der Waals surface area contributed by atoms with Crippen LogP contribution in [0.15, 0.2) is 33.9 Å². The average Bonchev–Trinajstić information content (AvgIpc) is 3.69. The number of allylic oxidation sites excluding steroid dienone is 1. The van der Waals surface area contributed by atoms with Gasteiger partial charge in [-0.1, -0.05) is 60.1 Å². The highest BCUT2D eigenvalue weighted by Gasteiger charge is 2.71. The van der Waals surface area contributed by atoms with Crippen LogP contribution in [0.2, 0.25) is 5.02 Å². The highest BCUT2D eigenvalue weighted by Crippen LogP contribution is 2.77. The summed E-state index contributed by atoms with van der Waals surface area (Å²) in [5.74, 6) is -0.133. The maximum atomic E-state index is 14.1. The van der Waals surface area contributed by atoms with Crippen LogP contribution in [-0.4, -0.2) is 49.2 Å². The quantitative estimate of drug-likeness (QED) is 0.249. The van der Waals surface area contributed by atoms with E-state index in [9.17, 15) is 24.6 Å². The van der Waals surface area contributed by atoms with Gasteiger partial charge in [0.15, 0.2) is 5.78 Å². The smallest absolute Gasteiger partial charge is 0.309 e. The molecule has 9 atom stereocenters. The first-order chi connectivity index (χ1) is 25.1. The summed E-state index contributed by atoms with van der Waals surface area (Å²) in [6, 6.07) is 3.41. The minimum atomic E-state index is -1.18. The van der Waals surface area contributed by atoms with Crippen LogP contribution in [-0.2, 0) is 19.1 Å². The predicted octanol–water partition coefficient (Wildman–Crippen LogP) is 9.21. The summed E-state index contributed by atoms with van der Waals surface area (Å²) in [4.78, 5) is 43.3. The number of ether oxygens (including phenoxy) is 1. The Morgan fingerprint density at radius 2 is 1.70 bits per heavy atom. The highest BCUT2D eigenvalue weighted by molar-refractivity contribution is 6.30. The van der Waals surface area contributed by atoms with Crippen LogP contribution in [0.5, 0.6) is 0 Å². The van der Waals surface area contributed by atoms with Crippen LogP contribution >= 0.6 is 11.6 Å². The van der Waals surface area contributed by atoms with Gasteiger partial charge in [0.2, 0.25) is 5.89 Å². The summed E-state index contributed by atoms with van der Waals surface area (Å²) in [5, 5.41) is 31.0. The molecule has 7 rings (SSSR count). The van der Waals surface area contributed by atoms with Crippen LogP contribution in [0.25, 0.3) is 11.6 Å². The molecule has 10 nitrogen and oxygen atoms in total. The number of fused-ring (bicyclic) bond motifs is 7. The standard InChI is InChI=1S/C43H58ClN3O7/c1-23(2)32-27(48)20-43(34(50)36-47-46-35(54-36)26-12-10-24(44)22-45-26)19-18-41(8)25(33(32)43)11-13-29-40(7)16-15-30(53-31(49)21-38(3,4)37(51)52)39(5,6)28(40)14-17-42(29,41)9/h10,12,22-23,25,28-30,34,50H,11,13-21H2,1-9H3,(H,51,52)/t25-,28+,29?,30+,34+,40+,41-,42-,43-/m1/s1. The number of carbonyl (C=O) groups is 3. The van der Waals surface area contributed by atoms with Crippen molar-refractivity contribution >= 4 is 29.3 Å². The molecule has 5 aliphatic rings. The molecule has 0 radical (unpaired) electrons. The lowest BCUT2D eigenvalue weighted by Gasteiger charge is -2.72. The lowest BCUT2D eigenvalue weighted by Crippen LogP contribution is -2.66. The average molecular weight is 764 g/mol. The van der Waals surface area contributed by atoms with Crippen molar-refractivity contribution in [3.63, 3.8) is 0 Å². The van der Waals surface area contributed by atoms with Gasteiger partial charge < -0.3 is 19.4 Å². The van der Waals surface area contributed by atoms with Crippen LogP contribution < -0.4 is 0 Å². The number of carbonyl (C=O) groups excluding carboxylic acids is 2. The number of nitrogens with zero attached hydrogens (tertiary/aromatic N) is 3. The molecule has 1 unspecified atom stereocenters. The van der Waals surface area contributed by atoms with E-state index in [0.29, 0.717) is 29.0 Å². The molecule has 2 aromatic rings. The summed E-state index contributed by atoms with van der Waals surface area (Å²) in [5.41, 5.74) is 0.0555. The number of esters is 1. The number of aliphatic hydroxyl groups excluding tert-OH is 1. The molecule has 0 amide bonds. The second-order valence-electron chi connectivity index (χ2n) is 19.8. The number of hydrogen-bond acceptors (Lipinski definition) is 9. The molecule has 0 aromatic carbocycles. The molecule has 2 N–H and O–H groups in total. The van der Waals surface area contributed by atoms with Crippen molar-refractivity contribution in [2.24, 2.45) is 56.2 Å². The maximum Gasteiger partial charge on any atom is 0.309 e. The van der Waals surface area contributed by atoms with Crippen molar-refractivity contribution in [2.45, 2.75) is 139 Å².